The zero-order valence-corrected chi connectivity index (χ0v) is 20.2. The summed E-state index contributed by atoms with van der Waals surface area (Å²) in [7, 11) is 0. The van der Waals surface area contributed by atoms with Gasteiger partial charge in [-0.25, -0.2) is 4.79 Å². The number of pyridine rings is 1. The van der Waals surface area contributed by atoms with Crippen LogP contribution in [0, 0.1) is 0 Å². The number of aliphatic carboxylic acids is 1. The van der Waals surface area contributed by atoms with E-state index in [9.17, 15) is 19.5 Å². The van der Waals surface area contributed by atoms with Crippen LogP contribution in [-0.4, -0.2) is 56.7 Å². The quantitative estimate of drug-likeness (QED) is 0.357. The van der Waals surface area contributed by atoms with E-state index in [2.05, 4.69) is 28.2 Å². The van der Waals surface area contributed by atoms with E-state index in [-0.39, 0.29) is 12.3 Å². The Morgan fingerprint density at radius 2 is 2.03 bits per heavy atom. The molecule has 2 amide bonds. The molecule has 2 aromatic heterocycles. The van der Waals surface area contributed by atoms with E-state index in [4.69, 9.17) is 4.42 Å². The fraction of sp³-hybridized carbons (Fsp3) is 0.478. The zero-order chi connectivity index (χ0) is 23.8. The second-order valence-corrected chi connectivity index (χ2v) is 9.82. The average molecular weight is 492 g/mol. The maximum atomic E-state index is 13.2. The number of hydrogen-bond donors (Lipinski definition) is 4. The Balaban J connectivity index is 1.67. The average Bonchev–Trinajstić information content (AvgIpc) is 3.50. The summed E-state index contributed by atoms with van der Waals surface area (Å²) in [6, 6.07) is 4.20. The first kappa shape index (κ1) is 25.2. The Morgan fingerprint density at radius 3 is 2.61 bits per heavy atom. The third-order valence-corrected chi connectivity index (χ3v) is 6.97. The molecule has 178 valence electrons. The van der Waals surface area contributed by atoms with Crippen LogP contribution >= 0.6 is 24.4 Å². The van der Waals surface area contributed by atoms with Gasteiger partial charge in [0, 0.05) is 18.2 Å². The van der Waals surface area contributed by atoms with Crippen LogP contribution < -0.4 is 10.6 Å². The Morgan fingerprint density at radius 1 is 1.27 bits per heavy atom. The number of thioether (sulfide) groups is 1. The monoisotopic (exact) mass is 491 g/mol. The van der Waals surface area contributed by atoms with Gasteiger partial charge in [0.2, 0.25) is 11.8 Å². The molecule has 0 saturated heterocycles. The number of carboxylic acid groups (broad SMARTS) is 1. The Bertz CT molecular complexity index is 944. The minimum Gasteiger partial charge on any atom is -0.480 e. The Hall–Kier alpha value is -2.46. The van der Waals surface area contributed by atoms with Crippen molar-refractivity contribution >= 4 is 42.2 Å². The number of nitrogens with one attached hydrogen (secondary N) is 2. The highest BCUT2D eigenvalue weighted by Gasteiger charge is 2.44. The van der Waals surface area contributed by atoms with Crippen molar-refractivity contribution in [3.63, 3.8) is 0 Å². The van der Waals surface area contributed by atoms with Crippen molar-refractivity contribution in [2.45, 2.75) is 55.4 Å². The number of rotatable bonds is 11. The predicted molar refractivity (Wildman–Crippen MR) is 130 cm³/mol. The van der Waals surface area contributed by atoms with Crippen molar-refractivity contribution in [3.05, 3.63) is 42.5 Å². The third-order valence-electron chi connectivity index (χ3n) is 5.84. The van der Waals surface area contributed by atoms with Crippen LogP contribution in [0.5, 0.6) is 0 Å². The lowest BCUT2D eigenvalue weighted by atomic mass is 9.94. The first-order valence-electron chi connectivity index (χ1n) is 10.8. The smallest absolute Gasteiger partial charge is 0.326 e. The summed E-state index contributed by atoms with van der Waals surface area (Å²) in [6.45, 7) is 0. The summed E-state index contributed by atoms with van der Waals surface area (Å²) in [5.41, 5.74) is 1.10. The van der Waals surface area contributed by atoms with Crippen LogP contribution in [0.1, 0.15) is 37.7 Å². The summed E-state index contributed by atoms with van der Waals surface area (Å²) in [5.74, 6) is -1.12. The maximum absolute atomic E-state index is 13.2. The van der Waals surface area contributed by atoms with Gasteiger partial charge in [-0.2, -0.15) is 24.4 Å². The summed E-state index contributed by atoms with van der Waals surface area (Å²) in [4.78, 5) is 42.1. The second kappa shape index (κ2) is 11.6. The van der Waals surface area contributed by atoms with E-state index in [1.807, 2.05) is 6.26 Å². The molecule has 3 N–H and O–H groups in total. The fourth-order valence-corrected chi connectivity index (χ4v) is 4.77. The topological polar surface area (TPSA) is 122 Å². The van der Waals surface area contributed by atoms with Crippen molar-refractivity contribution in [3.8, 4) is 11.3 Å². The lowest BCUT2D eigenvalue weighted by molar-refractivity contribution is -0.143. The summed E-state index contributed by atoms with van der Waals surface area (Å²) in [6.07, 6.45) is 9.86. The van der Waals surface area contributed by atoms with Gasteiger partial charge in [0.25, 0.3) is 0 Å². The van der Waals surface area contributed by atoms with Gasteiger partial charge in [-0.05, 0) is 49.0 Å². The van der Waals surface area contributed by atoms with Crippen LogP contribution in [0.2, 0.25) is 0 Å². The minimum atomic E-state index is -1.14. The first-order valence-corrected chi connectivity index (χ1v) is 12.8. The van der Waals surface area contributed by atoms with Gasteiger partial charge in [-0.3, -0.25) is 14.6 Å². The van der Waals surface area contributed by atoms with Gasteiger partial charge in [0.05, 0.1) is 23.5 Å². The van der Waals surface area contributed by atoms with Gasteiger partial charge < -0.3 is 20.2 Å². The highest BCUT2D eigenvalue weighted by atomic mass is 32.2. The molecule has 0 radical (unpaired) electrons. The highest BCUT2D eigenvalue weighted by Crippen LogP contribution is 2.31. The molecular formula is C23H29N3O5S2. The summed E-state index contributed by atoms with van der Waals surface area (Å²) < 4.78 is 5.06. The van der Waals surface area contributed by atoms with Crippen LogP contribution in [0.4, 0.5) is 0 Å². The molecule has 0 bridgehead atoms. The lowest BCUT2D eigenvalue weighted by Crippen LogP contribution is -2.61. The molecule has 2 heterocycles. The van der Waals surface area contributed by atoms with Crippen molar-refractivity contribution in [2.75, 3.05) is 12.0 Å². The number of nitrogens with zero attached hydrogens (tertiary/aromatic N) is 1. The highest BCUT2D eigenvalue weighted by molar-refractivity contribution is 7.98. The van der Waals surface area contributed by atoms with Crippen LogP contribution in [0.3, 0.4) is 0 Å². The van der Waals surface area contributed by atoms with Gasteiger partial charge in [0.1, 0.15) is 11.6 Å². The first-order chi connectivity index (χ1) is 15.8. The minimum absolute atomic E-state index is 0.0761. The molecule has 10 heteroatoms. The predicted octanol–water partition coefficient (Wildman–Crippen LogP) is 2.93. The van der Waals surface area contributed by atoms with E-state index in [1.54, 1.807) is 48.7 Å². The van der Waals surface area contributed by atoms with Gasteiger partial charge in [-0.15, -0.1) is 0 Å². The standard InChI is InChI=1S/C23H29N3O5S2/c1-33-11-7-19(32)20(27)26-23(8-2-3-9-23)22(30)25-18(21(28)29)12-15-4-5-17(24-13-15)16-6-10-31-14-16/h4-6,10,13-14,18-19,32H,2-3,7-9,11-12H2,1H3,(H,25,30)(H,26,27)(H,28,29). The number of carbonyl (C=O) groups excluding carboxylic acids is 2. The lowest BCUT2D eigenvalue weighted by Gasteiger charge is -2.31. The van der Waals surface area contributed by atoms with E-state index in [0.29, 0.717) is 30.5 Å². The van der Waals surface area contributed by atoms with Gasteiger partial charge in [0.15, 0.2) is 0 Å². The third kappa shape index (κ3) is 6.54. The molecular weight excluding hydrogens is 462 g/mol. The van der Waals surface area contributed by atoms with E-state index in [0.717, 1.165) is 24.2 Å². The van der Waals surface area contributed by atoms with E-state index >= 15 is 0 Å². The van der Waals surface area contributed by atoms with Crippen molar-refractivity contribution < 1.29 is 23.9 Å². The molecule has 1 aliphatic carbocycles. The normalized spacial score (nSPS) is 16.7. The molecule has 0 aliphatic heterocycles. The zero-order valence-electron chi connectivity index (χ0n) is 18.5. The maximum Gasteiger partial charge on any atom is 0.326 e. The molecule has 2 unspecified atom stereocenters. The van der Waals surface area contributed by atoms with E-state index < -0.39 is 28.7 Å². The Kier molecular flexibility index (Phi) is 8.85. The molecule has 0 spiro atoms. The number of carbonyl (C=O) groups is 3. The van der Waals surface area contributed by atoms with Crippen molar-refractivity contribution in [2.24, 2.45) is 0 Å². The largest absolute Gasteiger partial charge is 0.480 e. The molecule has 0 aromatic carbocycles. The molecule has 2 aromatic rings. The number of aromatic nitrogens is 1. The molecule has 3 rings (SSSR count). The van der Waals surface area contributed by atoms with E-state index in [1.165, 1.54) is 0 Å². The number of amides is 2. The van der Waals surface area contributed by atoms with Crippen LogP contribution in [0.25, 0.3) is 11.3 Å². The van der Waals surface area contributed by atoms with Crippen molar-refractivity contribution in [1.82, 2.24) is 15.6 Å². The molecule has 33 heavy (non-hydrogen) atoms. The summed E-state index contributed by atoms with van der Waals surface area (Å²) in [5, 5.41) is 14.8. The Labute approximate surface area is 202 Å². The molecule has 2 atom stereocenters. The fourth-order valence-electron chi connectivity index (χ4n) is 3.93. The van der Waals surface area contributed by atoms with Gasteiger partial charge >= 0.3 is 5.97 Å². The molecule has 1 saturated carbocycles. The van der Waals surface area contributed by atoms with Gasteiger partial charge in [-0.1, -0.05) is 18.9 Å². The molecule has 1 fully saturated rings. The number of carboxylic acids is 1. The second-order valence-electron chi connectivity index (χ2n) is 8.21. The van der Waals surface area contributed by atoms with Crippen LogP contribution in [-0.2, 0) is 20.8 Å². The SMILES string of the molecule is CSCCC(S)C(=O)NC1(C(=O)NC(Cc2ccc(-c3ccoc3)nc2)C(=O)O)CCCC1. The molecule has 8 nitrogen and oxygen atoms in total. The number of furan rings is 1. The number of hydrogen-bond acceptors (Lipinski definition) is 7. The van der Waals surface area contributed by atoms with Crippen molar-refractivity contribution in [1.29, 1.82) is 0 Å². The van der Waals surface area contributed by atoms with Crippen LogP contribution in [0.15, 0.2) is 41.3 Å². The summed E-state index contributed by atoms with van der Waals surface area (Å²) >= 11 is 6.00. The number of thiol groups is 1. The molecule has 1 aliphatic rings.